The van der Waals surface area contributed by atoms with E-state index in [1.807, 2.05) is 24.3 Å². The second kappa shape index (κ2) is 9.34. The van der Waals surface area contributed by atoms with Crippen LogP contribution in [0, 0.1) is 10.8 Å². The molecule has 2 fully saturated rings. The van der Waals surface area contributed by atoms with Gasteiger partial charge in [-0.2, -0.15) is 0 Å². The Morgan fingerprint density at radius 1 is 0.857 bits per heavy atom. The molecule has 0 spiro atoms. The molecule has 0 unspecified atom stereocenters. The number of nitrogens with one attached hydrogen (secondary N) is 2. The van der Waals surface area contributed by atoms with Crippen LogP contribution in [0.5, 0.6) is 0 Å². The lowest BCUT2D eigenvalue weighted by Gasteiger charge is -2.33. The zero-order valence-corrected chi connectivity index (χ0v) is 19.5. The van der Waals surface area contributed by atoms with E-state index >= 15 is 0 Å². The van der Waals surface area contributed by atoms with Crippen molar-refractivity contribution in [2.45, 2.75) is 31.6 Å². The van der Waals surface area contributed by atoms with Gasteiger partial charge >= 0.3 is 12.1 Å². The van der Waals surface area contributed by atoms with Crippen molar-refractivity contribution in [1.29, 1.82) is 0 Å². The van der Waals surface area contributed by atoms with Crippen molar-refractivity contribution in [1.82, 2.24) is 10.6 Å². The van der Waals surface area contributed by atoms with E-state index in [1.165, 1.54) is 0 Å². The van der Waals surface area contributed by atoms with Crippen LogP contribution < -0.4 is 10.6 Å². The number of hydrogen-bond acceptors (Lipinski definition) is 5. The number of rotatable bonds is 8. The van der Waals surface area contributed by atoms with Gasteiger partial charge in [0.25, 0.3) is 0 Å². The van der Waals surface area contributed by atoms with Crippen LogP contribution in [0.3, 0.4) is 0 Å². The maximum atomic E-state index is 12.9. The molecule has 2 amide bonds. The monoisotopic (exact) mass is 478 g/mol. The minimum Gasteiger partial charge on any atom is -0.481 e. The number of alkyl carbamates (subject to hydrolysis) is 1. The molecule has 8 heteroatoms. The SMILES string of the molecule is O=C(NCC1(C(=O)NCC2(C(=O)O)CCOCC2)CC1)OCC1c2ccccc2-c2ccccc21. The van der Waals surface area contributed by atoms with E-state index in [2.05, 4.69) is 34.9 Å². The van der Waals surface area contributed by atoms with Crippen molar-refractivity contribution in [2.24, 2.45) is 10.8 Å². The summed E-state index contributed by atoms with van der Waals surface area (Å²) in [7, 11) is 0. The van der Waals surface area contributed by atoms with Crippen LogP contribution in [0.25, 0.3) is 11.1 Å². The van der Waals surface area contributed by atoms with Gasteiger partial charge in [0.05, 0.1) is 10.8 Å². The maximum absolute atomic E-state index is 12.9. The molecule has 3 aliphatic rings. The Balaban J connectivity index is 1.14. The second-order valence-electron chi connectivity index (χ2n) is 9.84. The third-order valence-electron chi connectivity index (χ3n) is 7.74. The number of carboxylic acid groups (broad SMARTS) is 1. The predicted octanol–water partition coefficient (Wildman–Crippen LogP) is 3.30. The van der Waals surface area contributed by atoms with E-state index in [0.717, 1.165) is 22.3 Å². The lowest BCUT2D eigenvalue weighted by Crippen LogP contribution is -2.49. The van der Waals surface area contributed by atoms with Crippen LogP contribution in [-0.4, -0.2) is 56.0 Å². The van der Waals surface area contributed by atoms with Crippen LogP contribution in [0.4, 0.5) is 4.79 Å². The Kier molecular flexibility index (Phi) is 6.23. The van der Waals surface area contributed by atoms with Crippen LogP contribution in [-0.2, 0) is 19.1 Å². The molecule has 0 atom stereocenters. The molecule has 0 bridgehead atoms. The third kappa shape index (κ3) is 4.50. The number of hydrogen-bond donors (Lipinski definition) is 3. The number of aliphatic carboxylic acids is 1. The average Bonchev–Trinajstić information content (AvgIpc) is 3.62. The fraction of sp³-hybridized carbons (Fsp3) is 0.444. The number of carboxylic acids is 1. The third-order valence-corrected chi connectivity index (χ3v) is 7.74. The van der Waals surface area contributed by atoms with Gasteiger partial charge in [-0.1, -0.05) is 48.5 Å². The summed E-state index contributed by atoms with van der Waals surface area (Å²) in [6.07, 6.45) is 1.47. The van der Waals surface area contributed by atoms with Crippen LogP contribution in [0.2, 0.25) is 0 Å². The van der Waals surface area contributed by atoms with Gasteiger partial charge in [0.15, 0.2) is 0 Å². The largest absolute Gasteiger partial charge is 0.481 e. The molecular formula is C27H30N2O6. The first-order valence-electron chi connectivity index (χ1n) is 12.1. The first kappa shape index (κ1) is 23.4. The number of carbonyl (C=O) groups is 3. The van der Waals surface area contributed by atoms with Gasteiger partial charge < -0.3 is 25.2 Å². The molecule has 35 heavy (non-hydrogen) atoms. The topological polar surface area (TPSA) is 114 Å². The standard InChI is InChI=1S/C27H30N2O6/c30-23(28-17-27(24(31)32)11-13-34-14-12-27)26(9-10-26)16-29-25(33)35-15-22-20-7-3-1-5-18(20)19-6-2-4-8-21(19)22/h1-8,22H,9-17H2,(H,28,30)(H,29,33)(H,31,32). The molecular weight excluding hydrogens is 448 g/mol. The molecule has 0 radical (unpaired) electrons. The van der Waals surface area contributed by atoms with E-state index in [4.69, 9.17) is 9.47 Å². The number of benzene rings is 2. The molecule has 0 aromatic heterocycles. The molecule has 184 valence electrons. The Bertz CT molecular complexity index is 1090. The van der Waals surface area contributed by atoms with Crippen molar-refractivity contribution in [2.75, 3.05) is 32.9 Å². The highest BCUT2D eigenvalue weighted by Gasteiger charge is 2.51. The van der Waals surface area contributed by atoms with Crippen molar-refractivity contribution < 1.29 is 29.0 Å². The zero-order chi connectivity index (χ0) is 24.5. The summed E-state index contributed by atoms with van der Waals surface area (Å²) in [6.45, 7) is 1.19. The van der Waals surface area contributed by atoms with Gasteiger partial charge in [-0.05, 0) is 47.9 Å². The van der Waals surface area contributed by atoms with Gasteiger partial charge in [-0.3, -0.25) is 9.59 Å². The highest BCUT2D eigenvalue weighted by molar-refractivity contribution is 5.87. The van der Waals surface area contributed by atoms with Crippen LogP contribution in [0.15, 0.2) is 48.5 Å². The normalized spacial score (nSPS) is 19.2. The Morgan fingerprint density at radius 3 is 2.00 bits per heavy atom. The number of fused-ring (bicyclic) bond motifs is 3. The molecule has 1 aliphatic heterocycles. The summed E-state index contributed by atoms with van der Waals surface area (Å²) in [5.74, 6) is -1.16. The molecule has 2 aliphatic carbocycles. The molecule has 3 N–H and O–H groups in total. The summed E-state index contributed by atoms with van der Waals surface area (Å²) in [4.78, 5) is 37.2. The van der Waals surface area contributed by atoms with Crippen molar-refractivity contribution in [3.63, 3.8) is 0 Å². The molecule has 1 saturated heterocycles. The molecule has 1 saturated carbocycles. The Labute approximate surface area is 204 Å². The molecule has 1 heterocycles. The summed E-state index contributed by atoms with van der Waals surface area (Å²) in [5.41, 5.74) is 2.91. The minimum absolute atomic E-state index is 0.0296. The molecule has 5 rings (SSSR count). The number of amides is 2. The van der Waals surface area contributed by atoms with E-state index in [-0.39, 0.29) is 31.5 Å². The minimum atomic E-state index is -0.996. The fourth-order valence-electron chi connectivity index (χ4n) is 5.19. The number of carbonyl (C=O) groups excluding carboxylic acids is 2. The maximum Gasteiger partial charge on any atom is 0.407 e. The fourth-order valence-corrected chi connectivity index (χ4v) is 5.19. The number of ether oxygens (including phenoxy) is 2. The van der Waals surface area contributed by atoms with Crippen LogP contribution >= 0.6 is 0 Å². The van der Waals surface area contributed by atoms with Crippen LogP contribution in [0.1, 0.15) is 42.7 Å². The predicted molar refractivity (Wildman–Crippen MR) is 128 cm³/mol. The first-order chi connectivity index (χ1) is 16.9. The molecule has 2 aromatic carbocycles. The van der Waals surface area contributed by atoms with E-state index in [9.17, 15) is 19.5 Å². The van der Waals surface area contributed by atoms with Gasteiger partial charge in [0.2, 0.25) is 5.91 Å². The molecule has 8 nitrogen and oxygen atoms in total. The lowest BCUT2D eigenvalue weighted by atomic mass is 9.80. The lowest BCUT2D eigenvalue weighted by molar-refractivity contribution is -0.154. The van der Waals surface area contributed by atoms with E-state index in [1.54, 1.807) is 0 Å². The van der Waals surface area contributed by atoms with E-state index in [0.29, 0.717) is 38.9 Å². The average molecular weight is 479 g/mol. The van der Waals surface area contributed by atoms with Gasteiger partial charge in [-0.15, -0.1) is 0 Å². The van der Waals surface area contributed by atoms with Crippen molar-refractivity contribution in [3.8, 4) is 11.1 Å². The zero-order valence-electron chi connectivity index (χ0n) is 19.5. The Hall–Kier alpha value is -3.39. The second-order valence-corrected chi connectivity index (χ2v) is 9.84. The molecule has 2 aromatic rings. The van der Waals surface area contributed by atoms with Gasteiger partial charge in [0, 0.05) is 32.2 Å². The smallest absolute Gasteiger partial charge is 0.407 e. The summed E-state index contributed by atoms with van der Waals surface area (Å²) in [5, 5.41) is 15.3. The first-order valence-corrected chi connectivity index (χ1v) is 12.1. The van der Waals surface area contributed by atoms with E-state index < -0.39 is 22.9 Å². The van der Waals surface area contributed by atoms with Crippen molar-refractivity contribution >= 4 is 18.0 Å². The quantitative estimate of drug-likeness (QED) is 0.537. The Morgan fingerprint density at radius 2 is 1.43 bits per heavy atom. The van der Waals surface area contributed by atoms with Gasteiger partial charge in [-0.25, -0.2) is 4.79 Å². The highest BCUT2D eigenvalue weighted by Crippen LogP contribution is 2.46. The van der Waals surface area contributed by atoms with Gasteiger partial charge in [0.1, 0.15) is 6.61 Å². The summed E-state index contributed by atoms with van der Waals surface area (Å²) < 4.78 is 10.9. The van der Waals surface area contributed by atoms with Crippen molar-refractivity contribution in [3.05, 3.63) is 59.7 Å². The highest BCUT2D eigenvalue weighted by atomic mass is 16.5. The summed E-state index contributed by atoms with van der Waals surface area (Å²) in [6, 6.07) is 16.3. The summed E-state index contributed by atoms with van der Waals surface area (Å²) >= 11 is 0.